The number of hydrogen-bond acceptors (Lipinski definition) is 2. The van der Waals surface area contributed by atoms with E-state index in [4.69, 9.17) is 4.84 Å². The minimum Gasteiger partial charge on any atom is -0.272 e. The molecule has 0 saturated carbocycles. The highest BCUT2D eigenvalue weighted by Crippen LogP contribution is 2.34. The second-order valence-electron chi connectivity index (χ2n) is 3.56. The van der Waals surface area contributed by atoms with Gasteiger partial charge in [-0.05, 0) is 19.4 Å². The average molecular weight is 163 g/mol. The van der Waals surface area contributed by atoms with Crippen LogP contribution < -0.4 is 0 Å². The summed E-state index contributed by atoms with van der Waals surface area (Å²) in [6, 6.07) is 10.3. The average Bonchev–Trinajstić information content (AvgIpc) is 2.61. The third kappa shape index (κ3) is 1.49. The van der Waals surface area contributed by atoms with Gasteiger partial charge in [-0.25, -0.2) is 0 Å². The molecule has 1 saturated heterocycles. The molecule has 0 amide bonds. The van der Waals surface area contributed by atoms with Gasteiger partial charge in [0.05, 0.1) is 6.54 Å². The number of benzene rings is 1. The Hall–Kier alpha value is -0.860. The summed E-state index contributed by atoms with van der Waals surface area (Å²) in [5.74, 6) is 0. The second-order valence-corrected chi connectivity index (χ2v) is 3.56. The van der Waals surface area contributed by atoms with Crippen LogP contribution in [0.5, 0.6) is 0 Å². The van der Waals surface area contributed by atoms with Gasteiger partial charge in [0.1, 0.15) is 0 Å². The van der Waals surface area contributed by atoms with Crippen LogP contribution in [-0.4, -0.2) is 10.8 Å². The Kier molecular flexibility index (Phi) is 1.67. The summed E-state index contributed by atoms with van der Waals surface area (Å²) in [6.45, 7) is 5.01. The van der Waals surface area contributed by atoms with Crippen LogP contribution in [0.25, 0.3) is 0 Å². The lowest BCUT2D eigenvalue weighted by molar-refractivity contribution is 0.189. The van der Waals surface area contributed by atoms with Crippen molar-refractivity contribution in [1.82, 2.24) is 5.06 Å². The third-order valence-electron chi connectivity index (χ3n) is 2.07. The van der Waals surface area contributed by atoms with Crippen molar-refractivity contribution < 1.29 is 4.84 Å². The number of nitrogens with zero attached hydrogens (tertiary/aromatic N) is 1. The first-order valence-electron chi connectivity index (χ1n) is 4.19. The van der Waals surface area contributed by atoms with Gasteiger partial charge >= 0.3 is 0 Å². The summed E-state index contributed by atoms with van der Waals surface area (Å²) >= 11 is 0. The smallest absolute Gasteiger partial charge is 0.159 e. The maximum Gasteiger partial charge on any atom is 0.159 e. The van der Waals surface area contributed by atoms with Crippen LogP contribution in [0, 0.1) is 0 Å². The molecule has 0 N–H and O–H groups in total. The molecule has 2 nitrogen and oxygen atoms in total. The van der Waals surface area contributed by atoms with Crippen molar-refractivity contribution >= 4 is 0 Å². The highest BCUT2D eigenvalue weighted by atomic mass is 16.9. The van der Waals surface area contributed by atoms with Crippen LogP contribution in [0.1, 0.15) is 19.4 Å². The van der Waals surface area contributed by atoms with Crippen molar-refractivity contribution in [3.8, 4) is 0 Å². The maximum atomic E-state index is 5.34. The SMILES string of the molecule is CC1(C)ON1Cc1ccccc1. The molecule has 64 valence electrons. The van der Waals surface area contributed by atoms with Crippen molar-refractivity contribution in [3.63, 3.8) is 0 Å². The summed E-state index contributed by atoms with van der Waals surface area (Å²) in [7, 11) is 0. The topological polar surface area (TPSA) is 15.5 Å². The fourth-order valence-corrected chi connectivity index (χ4v) is 1.22. The molecule has 1 heterocycles. The molecule has 1 aromatic carbocycles. The van der Waals surface area contributed by atoms with Crippen molar-refractivity contribution in [1.29, 1.82) is 0 Å². The van der Waals surface area contributed by atoms with Gasteiger partial charge in [0.25, 0.3) is 0 Å². The Morgan fingerprint density at radius 3 is 2.33 bits per heavy atom. The third-order valence-corrected chi connectivity index (χ3v) is 2.07. The molecule has 1 unspecified atom stereocenters. The van der Waals surface area contributed by atoms with E-state index < -0.39 is 0 Å². The quantitative estimate of drug-likeness (QED) is 0.621. The zero-order chi connectivity index (χ0) is 8.60. The Bertz CT molecular complexity index is 268. The van der Waals surface area contributed by atoms with E-state index in [1.165, 1.54) is 5.56 Å². The molecule has 12 heavy (non-hydrogen) atoms. The second kappa shape index (κ2) is 2.57. The minimum absolute atomic E-state index is 0.0458. The van der Waals surface area contributed by atoms with Gasteiger partial charge in [-0.15, -0.1) is 5.06 Å². The van der Waals surface area contributed by atoms with E-state index in [-0.39, 0.29) is 5.72 Å². The van der Waals surface area contributed by atoms with E-state index in [0.717, 1.165) is 6.54 Å². The molecule has 1 fully saturated rings. The number of rotatable bonds is 2. The Morgan fingerprint density at radius 2 is 1.83 bits per heavy atom. The standard InChI is InChI=1S/C10H13NO/c1-10(2)11(12-10)8-9-6-4-3-5-7-9/h3-7H,8H2,1-2H3. The van der Waals surface area contributed by atoms with Gasteiger partial charge < -0.3 is 0 Å². The van der Waals surface area contributed by atoms with E-state index >= 15 is 0 Å². The van der Waals surface area contributed by atoms with E-state index in [1.807, 2.05) is 23.3 Å². The first-order valence-corrected chi connectivity index (χ1v) is 4.19. The molecule has 0 aromatic heterocycles. The molecule has 0 aliphatic carbocycles. The normalized spacial score (nSPS) is 25.3. The van der Waals surface area contributed by atoms with Crippen LogP contribution in [-0.2, 0) is 11.4 Å². The van der Waals surface area contributed by atoms with Gasteiger partial charge in [-0.3, -0.25) is 4.84 Å². The van der Waals surface area contributed by atoms with Crippen molar-refractivity contribution in [3.05, 3.63) is 35.9 Å². The van der Waals surface area contributed by atoms with E-state index in [2.05, 4.69) is 26.0 Å². The monoisotopic (exact) mass is 163 g/mol. The summed E-state index contributed by atoms with van der Waals surface area (Å²) in [5.41, 5.74) is 1.25. The fourth-order valence-electron chi connectivity index (χ4n) is 1.22. The zero-order valence-electron chi connectivity index (χ0n) is 7.45. The van der Waals surface area contributed by atoms with Crippen LogP contribution >= 0.6 is 0 Å². The largest absolute Gasteiger partial charge is 0.272 e. The highest BCUT2D eigenvalue weighted by Gasteiger charge is 2.45. The predicted octanol–water partition coefficient (Wildman–Crippen LogP) is 2.17. The van der Waals surface area contributed by atoms with E-state index in [1.54, 1.807) is 0 Å². The van der Waals surface area contributed by atoms with Gasteiger partial charge in [0.15, 0.2) is 5.72 Å². The van der Waals surface area contributed by atoms with Gasteiger partial charge in [0, 0.05) is 0 Å². The lowest BCUT2D eigenvalue weighted by atomic mass is 10.2. The summed E-state index contributed by atoms with van der Waals surface area (Å²) in [5, 5.41) is 1.97. The number of hydrogen-bond donors (Lipinski definition) is 0. The van der Waals surface area contributed by atoms with E-state index in [9.17, 15) is 0 Å². The van der Waals surface area contributed by atoms with Crippen LogP contribution in [0.3, 0.4) is 0 Å². The van der Waals surface area contributed by atoms with Crippen LogP contribution in [0.15, 0.2) is 30.3 Å². The first kappa shape index (κ1) is 7.77. The lowest BCUT2D eigenvalue weighted by Crippen LogP contribution is -2.08. The van der Waals surface area contributed by atoms with Crippen LogP contribution in [0.4, 0.5) is 0 Å². The molecular weight excluding hydrogens is 150 g/mol. The highest BCUT2D eigenvalue weighted by molar-refractivity contribution is 5.14. The molecule has 1 aliphatic heterocycles. The van der Waals surface area contributed by atoms with Crippen molar-refractivity contribution in [2.24, 2.45) is 0 Å². The molecule has 0 bridgehead atoms. The van der Waals surface area contributed by atoms with Crippen molar-refractivity contribution in [2.75, 3.05) is 0 Å². The zero-order valence-corrected chi connectivity index (χ0v) is 7.45. The molecular formula is C10H13NO. The first-order chi connectivity index (χ1) is 5.68. The Morgan fingerprint density at radius 1 is 1.25 bits per heavy atom. The molecule has 1 atom stereocenters. The lowest BCUT2D eigenvalue weighted by Gasteiger charge is -1.99. The molecule has 1 aliphatic rings. The molecule has 2 rings (SSSR count). The summed E-state index contributed by atoms with van der Waals surface area (Å²) in [6.07, 6.45) is 0. The van der Waals surface area contributed by atoms with Gasteiger partial charge in [-0.1, -0.05) is 30.3 Å². The summed E-state index contributed by atoms with van der Waals surface area (Å²) < 4.78 is 0. The van der Waals surface area contributed by atoms with Crippen LogP contribution in [0.2, 0.25) is 0 Å². The maximum absolute atomic E-state index is 5.34. The van der Waals surface area contributed by atoms with Gasteiger partial charge in [0.2, 0.25) is 0 Å². The van der Waals surface area contributed by atoms with Gasteiger partial charge in [-0.2, -0.15) is 0 Å². The molecule has 0 radical (unpaired) electrons. The molecule has 0 spiro atoms. The molecule has 2 heteroatoms. The predicted molar refractivity (Wildman–Crippen MR) is 47.1 cm³/mol. The van der Waals surface area contributed by atoms with E-state index in [0.29, 0.717) is 0 Å². The molecule has 1 aromatic rings. The van der Waals surface area contributed by atoms with Crippen molar-refractivity contribution in [2.45, 2.75) is 26.1 Å². The number of hydroxylamine groups is 2. The Labute approximate surface area is 72.7 Å². The summed E-state index contributed by atoms with van der Waals surface area (Å²) in [4.78, 5) is 5.34. The fraction of sp³-hybridized carbons (Fsp3) is 0.400. The minimum atomic E-state index is -0.0458. The Balaban J connectivity index is 1.98.